The Morgan fingerprint density at radius 1 is 0.981 bits per heavy atom. The molecule has 2 aliphatic rings. The summed E-state index contributed by atoms with van der Waals surface area (Å²) in [5, 5.41) is 12.2. The molecule has 5 amide bonds. The van der Waals surface area contributed by atoms with Crippen LogP contribution >= 0.6 is 0 Å². The number of fused-ring (bicyclic) bond motifs is 1. The van der Waals surface area contributed by atoms with Crippen LogP contribution in [0.15, 0.2) is 35.7 Å². The van der Waals surface area contributed by atoms with Gasteiger partial charge >= 0.3 is 12.2 Å². The van der Waals surface area contributed by atoms with E-state index in [1.54, 1.807) is 29.3 Å². The molecule has 0 bridgehead atoms. The van der Waals surface area contributed by atoms with Crippen LogP contribution in [0, 0.1) is 23.7 Å². The van der Waals surface area contributed by atoms with E-state index in [0.717, 1.165) is 42.6 Å². The number of ether oxygens (including phenoxy) is 3. The zero-order chi connectivity index (χ0) is 39.3. The molecule has 296 valence electrons. The minimum atomic E-state index is -0.822. The molecular weight excluding hydrogens is 684 g/mol. The minimum absolute atomic E-state index is 0.0855. The van der Waals surface area contributed by atoms with Crippen LogP contribution in [-0.4, -0.2) is 79.4 Å². The van der Waals surface area contributed by atoms with Crippen molar-refractivity contribution in [3.05, 3.63) is 41.2 Å². The molecular formula is C37H60N8O8. The molecule has 5 atom stereocenters. The Morgan fingerprint density at radius 2 is 1.64 bits per heavy atom. The number of nitrogens with zero attached hydrogens (tertiary/aromatic N) is 1. The number of rotatable bonds is 19. The monoisotopic (exact) mass is 744 g/mol. The molecule has 16 nitrogen and oxygen atoms in total. The number of anilines is 1. The molecule has 0 heterocycles. The molecule has 1 aromatic carbocycles. The third-order valence-electron chi connectivity index (χ3n) is 10.1. The SMILES string of the molecule is CNC(=O)OCc1ccc(NC(=O)CNC(=O)C(NC(=O)CCC(C)OCCC(C)(C)N(N)/C2=C(\N)CCC3C(CC2)C3COC(N)=O)C(C)C)cc1. The van der Waals surface area contributed by atoms with Crippen molar-refractivity contribution in [2.45, 2.75) is 104 Å². The number of allylic oxidation sites excluding steroid dienone is 2. The van der Waals surface area contributed by atoms with Gasteiger partial charge in [-0.05, 0) is 101 Å². The molecule has 2 aliphatic carbocycles. The highest BCUT2D eigenvalue weighted by Gasteiger charge is 2.50. The van der Waals surface area contributed by atoms with Gasteiger partial charge < -0.3 is 52.0 Å². The molecule has 3 rings (SSSR count). The molecule has 1 aromatic rings. The zero-order valence-electron chi connectivity index (χ0n) is 32.0. The number of hydrazine groups is 1. The fourth-order valence-electron chi connectivity index (χ4n) is 6.59. The second-order valence-corrected chi connectivity index (χ2v) is 14.9. The van der Waals surface area contributed by atoms with Gasteiger partial charge in [0.1, 0.15) is 12.6 Å². The quantitative estimate of drug-likeness (QED) is 0.0802. The lowest BCUT2D eigenvalue weighted by Gasteiger charge is -2.39. The van der Waals surface area contributed by atoms with Crippen molar-refractivity contribution in [3.8, 4) is 0 Å². The summed E-state index contributed by atoms with van der Waals surface area (Å²) in [6, 6.07) is 5.93. The number of carbonyl (C=O) groups excluding carboxylic acids is 5. The number of nitrogens with two attached hydrogens (primary N) is 3. The van der Waals surface area contributed by atoms with Gasteiger partial charge in [-0.3, -0.25) is 14.4 Å². The Hall–Kier alpha value is -4.57. The predicted octanol–water partition coefficient (Wildman–Crippen LogP) is 2.97. The van der Waals surface area contributed by atoms with Crippen molar-refractivity contribution >= 4 is 35.6 Å². The third kappa shape index (κ3) is 13.7. The molecule has 0 spiro atoms. The zero-order valence-corrected chi connectivity index (χ0v) is 32.0. The van der Waals surface area contributed by atoms with E-state index < -0.39 is 35.6 Å². The molecule has 1 saturated carbocycles. The molecule has 0 aliphatic heterocycles. The van der Waals surface area contributed by atoms with E-state index in [1.807, 2.05) is 34.6 Å². The lowest BCUT2D eigenvalue weighted by molar-refractivity contribution is -0.131. The first-order valence-electron chi connectivity index (χ1n) is 18.4. The number of carbonyl (C=O) groups is 5. The first-order valence-corrected chi connectivity index (χ1v) is 18.4. The van der Waals surface area contributed by atoms with Gasteiger partial charge in [-0.1, -0.05) is 26.0 Å². The summed E-state index contributed by atoms with van der Waals surface area (Å²) < 4.78 is 16.1. The second kappa shape index (κ2) is 20.0. The van der Waals surface area contributed by atoms with E-state index in [-0.39, 0.29) is 37.5 Å². The second-order valence-electron chi connectivity index (χ2n) is 14.9. The van der Waals surface area contributed by atoms with Gasteiger partial charge in [-0.15, -0.1) is 0 Å². The summed E-state index contributed by atoms with van der Waals surface area (Å²) in [6.45, 7) is 10.2. The van der Waals surface area contributed by atoms with Crippen LogP contribution in [0.3, 0.4) is 0 Å². The third-order valence-corrected chi connectivity index (χ3v) is 10.1. The van der Waals surface area contributed by atoms with Crippen LogP contribution in [-0.2, 0) is 35.2 Å². The normalized spacial score (nSPS) is 20.8. The van der Waals surface area contributed by atoms with Crippen LogP contribution < -0.4 is 38.6 Å². The molecule has 53 heavy (non-hydrogen) atoms. The van der Waals surface area contributed by atoms with E-state index >= 15 is 0 Å². The maximum absolute atomic E-state index is 12.9. The van der Waals surface area contributed by atoms with Crippen LogP contribution in [0.2, 0.25) is 0 Å². The lowest BCUT2D eigenvalue weighted by atomic mass is 9.95. The van der Waals surface area contributed by atoms with Crippen molar-refractivity contribution in [2.75, 3.05) is 32.1 Å². The number of alkyl carbamates (subject to hydrolysis) is 1. The largest absolute Gasteiger partial charge is 0.449 e. The number of primary amides is 1. The fraction of sp³-hybridized carbons (Fsp3) is 0.649. The maximum Gasteiger partial charge on any atom is 0.407 e. The lowest BCUT2D eigenvalue weighted by Crippen LogP contribution is -2.51. The summed E-state index contributed by atoms with van der Waals surface area (Å²) in [7, 11) is 1.47. The number of benzene rings is 1. The van der Waals surface area contributed by atoms with Gasteiger partial charge in [0.2, 0.25) is 17.7 Å². The van der Waals surface area contributed by atoms with Crippen LogP contribution in [0.25, 0.3) is 0 Å². The van der Waals surface area contributed by atoms with Crippen molar-refractivity contribution in [1.82, 2.24) is 21.0 Å². The van der Waals surface area contributed by atoms with Crippen molar-refractivity contribution < 1.29 is 38.2 Å². The topological polar surface area (TPSA) is 242 Å². The van der Waals surface area contributed by atoms with Gasteiger partial charge in [0, 0.05) is 37.2 Å². The van der Waals surface area contributed by atoms with E-state index in [0.29, 0.717) is 49.5 Å². The van der Waals surface area contributed by atoms with Gasteiger partial charge in [-0.25, -0.2) is 15.4 Å². The van der Waals surface area contributed by atoms with E-state index in [9.17, 15) is 24.0 Å². The Bertz CT molecular complexity index is 1450. The van der Waals surface area contributed by atoms with E-state index in [2.05, 4.69) is 21.3 Å². The van der Waals surface area contributed by atoms with Crippen molar-refractivity contribution in [3.63, 3.8) is 0 Å². The van der Waals surface area contributed by atoms with Crippen molar-refractivity contribution in [2.24, 2.45) is 41.0 Å². The van der Waals surface area contributed by atoms with Crippen molar-refractivity contribution in [1.29, 1.82) is 0 Å². The summed E-state index contributed by atoms with van der Waals surface area (Å²) >= 11 is 0. The van der Waals surface area contributed by atoms with E-state index in [4.69, 9.17) is 31.5 Å². The predicted molar refractivity (Wildman–Crippen MR) is 199 cm³/mol. The van der Waals surface area contributed by atoms with Crippen LogP contribution in [0.1, 0.15) is 85.1 Å². The van der Waals surface area contributed by atoms with Crippen LogP contribution in [0.5, 0.6) is 0 Å². The average Bonchev–Trinajstić information content (AvgIpc) is 3.78. The van der Waals surface area contributed by atoms with E-state index in [1.165, 1.54) is 7.05 Å². The number of nitrogens with one attached hydrogen (secondary N) is 4. The molecule has 0 saturated heterocycles. The smallest absolute Gasteiger partial charge is 0.407 e. The molecule has 0 radical (unpaired) electrons. The fourth-order valence-corrected chi connectivity index (χ4v) is 6.59. The van der Waals surface area contributed by atoms with Gasteiger partial charge in [0.25, 0.3) is 0 Å². The summed E-state index contributed by atoms with van der Waals surface area (Å²) in [4.78, 5) is 60.5. The number of hydrogen-bond donors (Lipinski definition) is 7. The van der Waals surface area contributed by atoms with Crippen LogP contribution in [0.4, 0.5) is 15.3 Å². The summed E-state index contributed by atoms with van der Waals surface area (Å²) in [5.41, 5.74) is 14.2. The molecule has 16 heteroatoms. The number of amides is 5. The standard InChI is InChI=1S/C37H60N8O8/c1-22(2)33(34(48)42-19-32(47)43-25-10-8-24(9-11-25)20-53-36(50)41-6)44-31(46)16-7-23(3)51-18-17-37(4,5)45(40)30-15-13-27-26(12-14-29(30)38)28(27)21-52-35(39)49/h8-11,22-23,26-28,33H,7,12-21,38,40H2,1-6H3,(H2,39,49)(H,41,50)(H,42,48)(H,43,47)(H,44,46)/b30-29-. The Labute approximate surface area is 312 Å². The van der Waals surface area contributed by atoms with Gasteiger partial charge in [0.15, 0.2) is 0 Å². The van der Waals surface area contributed by atoms with Gasteiger partial charge in [-0.2, -0.15) is 0 Å². The highest BCUT2D eigenvalue weighted by atomic mass is 16.6. The number of hydrogen-bond acceptors (Lipinski definition) is 11. The highest BCUT2D eigenvalue weighted by molar-refractivity contribution is 5.96. The Balaban J connectivity index is 1.37. The molecule has 0 aromatic heterocycles. The van der Waals surface area contributed by atoms with Gasteiger partial charge in [0.05, 0.1) is 24.8 Å². The molecule has 5 unspecified atom stereocenters. The average molecular weight is 745 g/mol. The minimum Gasteiger partial charge on any atom is -0.449 e. The highest BCUT2D eigenvalue weighted by Crippen LogP contribution is 2.54. The first kappa shape index (κ1) is 42.8. The molecule has 10 N–H and O–H groups in total. The molecule has 1 fully saturated rings. The summed E-state index contributed by atoms with van der Waals surface area (Å²) in [5.74, 6) is 6.54. The first-order chi connectivity index (χ1) is 25.0. The summed E-state index contributed by atoms with van der Waals surface area (Å²) in [6.07, 6.45) is 3.04. The Kier molecular flexibility index (Phi) is 16.2. The maximum atomic E-state index is 12.9. The Morgan fingerprint density at radius 3 is 2.26 bits per heavy atom.